The SMILES string of the molecule is CC(Cc1ccc(Cl)cc1)N1CCC(CCN)CC1. The topological polar surface area (TPSA) is 29.3 Å². The number of hydrogen-bond acceptors (Lipinski definition) is 2. The van der Waals surface area contributed by atoms with Crippen LogP contribution in [0.5, 0.6) is 0 Å². The monoisotopic (exact) mass is 280 g/mol. The molecule has 1 heterocycles. The summed E-state index contributed by atoms with van der Waals surface area (Å²) in [4.78, 5) is 2.61. The van der Waals surface area contributed by atoms with E-state index in [1.54, 1.807) is 0 Å². The van der Waals surface area contributed by atoms with Crippen LogP contribution in [0, 0.1) is 5.92 Å². The fourth-order valence-corrected chi connectivity index (χ4v) is 3.13. The molecule has 2 rings (SSSR count). The molecule has 0 aromatic heterocycles. The Hall–Kier alpha value is -0.570. The van der Waals surface area contributed by atoms with Gasteiger partial charge in [0.2, 0.25) is 0 Å². The van der Waals surface area contributed by atoms with Crippen molar-refractivity contribution in [2.45, 2.75) is 38.6 Å². The summed E-state index contributed by atoms with van der Waals surface area (Å²) in [6, 6.07) is 8.86. The lowest BCUT2D eigenvalue weighted by Gasteiger charge is -2.36. The lowest BCUT2D eigenvalue weighted by Crippen LogP contribution is -2.41. The van der Waals surface area contributed by atoms with Crippen LogP contribution in [0.25, 0.3) is 0 Å². The molecular weight excluding hydrogens is 256 g/mol. The Balaban J connectivity index is 1.81. The maximum Gasteiger partial charge on any atom is 0.0406 e. The van der Waals surface area contributed by atoms with Gasteiger partial charge >= 0.3 is 0 Å². The summed E-state index contributed by atoms with van der Waals surface area (Å²) < 4.78 is 0. The van der Waals surface area contributed by atoms with E-state index >= 15 is 0 Å². The third-order valence-corrected chi connectivity index (χ3v) is 4.54. The molecule has 0 spiro atoms. The quantitative estimate of drug-likeness (QED) is 0.896. The van der Waals surface area contributed by atoms with E-state index in [1.165, 1.54) is 37.9 Å². The average molecular weight is 281 g/mol. The molecule has 0 radical (unpaired) electrons. The zero-order valence-corrected chi connectivity index (χ0v) is 12.6. The first-order chi connectivity index (χ1) is 9.19. The molecule has 0 amide bonds. The molecule has 1 atom stereocenters. The highest BCUT2D eigenvalue weighted by atomic mass is 35.5. The van der Waals surface area contributed by atoms with Gasteiger partial charge < -0.3 is 10.6 Å². The van der Waals surface area contributed by atoms with Crippen molar-refractivity contribution < 1.29 is 0 Å². The number of likely N-dealkylation sites (tertiary alicyclic amines) is 1. The molecule has 2 nitrogen and oxygen atoms in total. The number of hydrogen-bond donors (Lipinski definition) is 1. The number of nitrogens with zero attached hydrogens (tertiary/aromatic N) is 1. The van der Waals surface area contributed by atoms with Crippen molar-refractivity contribution in [2.24, 2.45) is 11.7 Å². The molecule has 2 N–H and O–H groups in total. The fourth-order valence-electron chi connectivity index (χ4n) is 3.01. The van der Waals surface area contributed by atoms with Crippen LogP contribution < -0.4 is 5.73 Å². The van der Waals surface area contributed by atoms with Gasteiger partial charge in [-0.15, -0.1) is 0 Å². The molecule has 3 heteroatoms. The van der Waals surface area contributed by atoms with Gasteiger partial charge in [-0.3, -0.25) is 0 Å². The molecule has 1 aliphatic rings. The second kappa shape index (κ2) is 7.28. The smallest absolute Gasteiger partial charge is 0.0406 e. The normalized spacial score (nSPS) is 19.5. The first-order valence-corrected chi connectivity index (χ1v) is 7.75. The number of rotatable bonds is 5. The summed E-state index contributed by atoms with van der Waals surface area (Å²) in [6.45, 7) is 5.61. The van der Waals surface area contributed by atoms with Gasteiger partial charge in [-0.1, -0.05) is 23.7 Å². The predicted molar refractivity (Wildman–Crippen MR) is 82.6 cm³/mol. The van der Waals surface area contributed by atoms with E-state index in [4.69, 9.17) is 17.3 Å². The van der Waals surface area contributed by atoms with Crippen LogP contribution >= 0.6 is 11.6 Å². The molecule has 1 aromatic rings. The van der Waals surface area contributed by atoms with Crippen molar-refractivity contribution >= 4 is 11.6 Å². The molecule has 0 bridgehead atoms. The van der Waals surface area contributed by atoms with E-state index in [2.05, 4.69) is 24.0 Å². The maximum atomic E-state index is 5.92. The minimum absolute atomic E-state index is 0.611. The van der Waals surface area contributed by atoms with Crippen molar-refractivity contribution in [2.75, 3.05) is 19.6 Å². The van der Waals surface area contributed by atoms with Crippen LogP contribution in [0.15, 0.2) is 24.3 Å². The summed E-state index contributed by atoms with van der Waals surface area (Å²) in [7, 11) is 0. The Kier molecular flexibility index (Phi) is 5.68. The fraction of sp³-hybridized carbons (Fsp3) is 0.625. The lowest BCUT2D eigenvalue weighted by molar-refractivity contribution is 0.137. The zero-order valence-electron chi connectivity index (χ0n) is 11.8. The number of halogens is 1. The van der Waals surface area contributed by atoms with Gasteiger partial charge in [0.15, 0.2) is 0 Å². The molecule has 1 aliphatic heterocycles. The minimum atomic E-state index is 0.611. The van der Waals surface area contributed by atoms with E-state index in [1.807, 2.05) is 12.1 Å². The molecule has 1 unspecified atom stereocenters. The molecule has 1 aromatic carbocycles. The Morgan fingerprint density at radius 1 is 1.26 bits per heavy atom. The second-order valence-electron chi connectivity index (χ2n) is 5.74. The predicted octanol–water partition coefficient (Wildman–Crippen LogP) is 3.33. The Morgan fingerprint density at radius 3 is 2.47 bits per heavy atom. The van der Waals surface area contributed by atoms with E-state index in [9.17, 15) is 0 Å². The minimum Gasteiger partial charge on any atom is -0.330 e. The summed E-state index contributed by atoms with van der Waals surface area (Å²) in [6.07, 6.45) is 4.92. The summed E-state index contributed by atoms with van der Waals surface area (Å²) in [5, 5.41) is 0.819. The lowest BCUT2D eigenvalue weighted by atomic mass is 9.92. The Bertz CT molecular complexity index is 369. The first-order valence-electron chi connectivity index (χ1n) is 7.37. The second-order valence-corrected chi connectivity index (χ2v) is 6.17. The Labute approximate surface area is 121 Å². The van der Waals surface area contributed by atoms with Crippen LogP contribution in [0.4, 0.5) is 0 Å². The van der Waals surface area contributed by atoms with Crippen LogP contribution in [-0.2, 0) is 6.42 Å². The van der Waals surface area contributed by atoms with Gasteiger partial charge in [0, 0.05) is 11.1 Å². The van der Waals surface area contributed by atoms with E-state index < -0.39 is 0 Å². The molecule has 0 aliphatic carbocycles. The number of nitrogens with two attached hydrogens (primary N) is 1. The van der Waals surface area contributed by atoms with Gasteiger partial charge in [0.05, 0.1) is 0 Å². The molecule has 106 valence electrons. The summed E-state index contributed by atoms with van der Waals surface area (Å²) in [5.41, 5.74) is 7.02. The third-order valence-electron chi connectivity index (χ3n) is 4.29. The van der Waals surface area contributed by atoms with Gasteiger partial charge in [-0.25, -0.2) is 0 Å². The van der Waals surface area contributed by atoms with Gasteiger partial charge in [-0.2, -0.15) is 0 Å². The highest BCUT2D eigenvalue weighted by Gasteiger charge is 2.22. The van der Waals surface area contributed by atoms with Crippen molar-refractivity contribution in [3.63, 3.8) is 0 Å². The molecule has 0 saturated carbocycles. The Morgan fingerprint density at radius 2 is 1.89 bits per heavy atom. The van der Waals surface area contributed by atoms with E-state index in [0.29, 0.717) is 6.04 Å². The first kappa shape index (κ1) is 14.8. The van der Waals surface area contributed by atoms with Gasteiger partial charge in [0.1, 0.15) is 0 Å². The van der Waals surface area contributed by atoms with Crippen molar-refractivity contribution in [3.8, 4) is 0 Å². The zero-order chi connectivity index (χ0) is 13.7. The van der Waals surface area contributed by atoms with Crippen LogP contribution in [0.1, 0.15) is 31.7 Å². The number of piperidine rings is 1. The third kappa shape index (κ3) is 4.48. The summed E-state index contributed by atoms with van der Waals surface area (Å²) >= 11 is 5.92. The van der Waals surface area contributed by atoms with Crippen LogP contribution in [0.3, 0.4) is 0 Å². The highest BCUT2D eigenvalue weighted by molar-refractivity contribution is 6.30. The largest absolute Gasteiger partial charge is 0.330 e. The molecule has 19 heavy (non-hydrogen) atoms. The van der Waals surface area contributed by atoms with Gasteiger partial charge in [0.25, 0.3) is 0 Å². The summed E-state index contributed by atoms with van der Waals surface area (Å²) in [5.74, 6) is 0.851. The van der Waals surface area contributed by atoms with Gasteiger partial charge in [-0.05, 0) is 75.9 Å². The van der Waals surface area contributed by atoms with Crippen LogP contribution in [0.2, 0.25) is 5.02 Å². The highest BCUT2D eigenvalue weighted by Crippen LogP contribution is 2.22. The van der Waals surface area contributed by atoms with Crippen molar-refractivity contribution in [3.05, 3.63) is 34.9 Å². The van der Waals surface area contributed by atoms with Crippen LogP contribution in [-0.4, -0.2) is 30.6 Å². The average Bonchev–Trinajstić information content (AvgIpc) is 2.42. The standard InChI is InChI=1S/C16H25ClN2/c1-13(12-15-2-4-16(17)5-3-15)19-10-7-14(6-9-18)8-11-19/h2-5,13-14H,6-12,18H2,1H3. The van der Waals surface area contributed by atoms with Crippen molar-refractivity contribution in [1.29, 1.82) is 0 Å². The van der Waals surface area contributed by atoms with E-state index in [-0.39, 0.29) is 0 Å². The number of benzene rings is 1. The van der Waals surface area contributed by atoms with Crippen molar-refractivity contribution in [1.82, 2.24) is 4.90 Å². The molecular formula is C16H25ClN2. The molecule has 1 fully saturated rings. The molecule has 1 saturated heterocycles. The maximum absolute atomic E-state index is 5.92. The van der Waals surface area contributed by atoms with E-state index in [0.717, 1.165) is 23.9 Å².